The maximum atomic E-state index is 13.1. The predicted octanol–water partition coefficient (Wildman–Crippen LogP) is 4.69. The highest BCUT2D eigenvalue weighted by Gasteiger charge is 2.39. The van der Waals surface area contributed by atoms with Crippen LogP contribution in [0.25, 0.3) is 0 Å². The third-order valence-electron chi connectivity index (χ3n) is 5.13. The van der Waals surface area contributed by atoms with Crippen LogP contribution in [0.5, 0.6) is 11.5 Å². The number of hydrogen-bond donors (Lipinski definition) is 5. The zero-order valence-corrected chi connectivity index (χ0v) is 22.5. The van der Waals surface area contributed by atoms with Crippen LogP contribution in [0.2, 0.25) is 0 Å². The van der Waals surface area contributed by atoms with Gasteiger partial charge >= 0.3 is 6.18 Å². The summed E-state index contributed by atoms with van der Waals surface area (Å²) in [5, 5.41) is 37.2. The van der Waals surface area contributed by atoms with E-state index in [1.807, 2.05) is 0 Å². The lowest BCUT2D eigenvalue weighted by Gasteiger charge is -2.23. The fraction of sp³-hybridized carbons (Fsp3) is 0.222. The van der Waals surface area contributed by atoms with Crippen molar-refractivity contribution in [1.29, 1.82) is 0 Å². The molecule has 0 saturated heterocycles. The van der Waals surface area contributed by atoms with Crippen molar-refractivity contribution in [2.24, 2.45) is 0 Å². The van der Waals surface area contributed by atoms with E-state index in [9.17, 15) is 42.8 Å². The van der Waals surface area contributed by atoms with Crippen LogP contribution in [0, 0.1) is 10.1 Å². The minimum absolute atomic E-state index is 0.115. The van der Waals surface area contributed by atoms with Gasteiger partial charge in [0.1, 0.15) is 23.7 Å². The first kappa shape index (κ1) is 33.0. The highest BCUT2D eigenvalue weighted by molar-refractivity contribution is 5.97. The fourth-order valence-electron chi connectivity index (χ4n) is 3.14. The minimum atomic E-state index is -5.02. The topological polar surface area (TPSA) is 180 Å². The molecular weight excluding hydrogens is 565 g/mol. The van der Waals surface area contributed by atoms with Crippen LogP contribution in [-0.4, -0.2) is 45.1 Å². The molecule has 5 N–H and O–H groups in total. The number of hydrogen-bond acceptors (Lipinski definition) is 8. The molecule has 0 unspecified atom stereocenters. The second-order valence-corrected chi connectivity index (χ2v) is 8.94. The molecule has 0 saturated carbocycles. The molecular formula is C27H27F3N4O8. The number of nitro benzene ring substituents is 1. The molecule has 0 aliphatic heterocycles. The summed E-state index contributed by atoms with van der Waals surface area (Å²) in [4.78, 5) is 43.4. The lowest BCUT2D eigenvalue weighted by atomic mass is 10.1. The third-order valence-corrected chi connectivity index (χ3v) is 5.13. The summed E-state index contributed by atoms with van der Waals surface area (Å²) in [6, 6.07) is 14.3. The Morgan fingerprint density at radius 1 is 0.857 bits per heavy atom. The number of aromatic hydroxyl groups is 1. The van der Waals surface area contributed by atoms with Crippen molar-refractivity contribution < 1.29 is 47.4 Å². The molecule has 3 aromatic rings. The van der Waals surface area contributed by atoms with Crippen LogP contribution in [0.4, 0.5) is 35.9 Å². The molecule has 3 amide bonds. The van der Waals surface area contributed by atoms with Crippen LogP contribution < -0.4 is 20.7 Å². The van der Waals surface area contributed by atoms with Crippen molar-refractivity contribution in [2.45, 2.75) is 32.5 Å². The van der Waals surface area contributed by atoms with E-state index < -0.39 is 40.5 Å². The first-order chi connectivity index (χ1) is 19.5. The van der Waals surface area contributed by atoms with Gasteiger partial charge in [0.2, 0.25) is 11.8 Å². The van der Waals surface area contributed by atoms with Gasteiger partial charge in [0, 0.05) is 37.0 Å². The van der Waals surface area contributed by atoms with Gasteiger partial charge in [0.25, 0.3) is 11.6 Å². The van der Waals surface area contributed by atoms with Crippen LogP contribution in [0.15, 0.2) is 66.7 Å². The van der Waals surface area contributed by atoms with Crippen molar-refractivity contribution in [1.82, 2.24) is 0 Å². The van der Waals surface area contributed by atoms with Gasteiger partial charge in [-0.15, -0.1) is 0 Å². The largest absolute Gasteiger partial charge is 0.508 e. The second-order valence-electron chi connectivity index (χ2n) is 8.94. The Kier molecular flexibility index (Phi) is 11.0. The molecule has 42 heavy (non-hydrogen) atoms. The van der Waals surface area contributed by atoms with Crippen molar-refractivity contribution >= 4 is 40.5 Å². The Labute approximate surface area is 237 Å². The highest BCUT2D eigenvalue weighted by Crippen LogP contribution is 2.37. The van der Waals surface area contributed by atoms with Crippen molar-refractivity contribution in [3.8, 4) is 11.5 Å². The van der Waals surface area contributed by atoms with Crippen LogP contribution in [0.3, 0.4) is 0 Å². The first-order valence-electron chi connectivity index (χ1n) is 11.9. The summed E-state index contributed by atoms with van der Waals surface area (Å²) in [5.74, 6) is -1.01. The molecule has 0 heterocycles. The smallest absolute Gasteiger partial charge is 0.423 e. The molecule has 0 spiro atoms. The number of amides is 3. The number of rotatable bonds is 8. The van der Waals surface area contributed by atoms with Gasteiger partial charge in [-0.25, -0.2) is 0 Å². The van der Waals surface area contributed by atoms with Gasteiger partial charge in [0.05, 0.1) is 4.92 Å². The average Bonchev–Trinajstić information content (AvgIpc) is 2.89. The normalized spacial score (nSPS) is 12.1. The molecule has 0 fully saturated rings. The summed E-state index contributed by atoms with van der Waals surface area (Å²) in [7, 11) is 0. The number of carbonyl (C=O) groups excluding carboxylic acids is 3. The lowest BCUT2D eigenvalue weighted by molar-refractivity contribution is -0.388. The molecule has 0 aromatic heterocycles. The van der Waals surface area contributed by atoms with Gasteiger partial charge in [-0.2, -0.15) is 13.2 Å². The number of anilines is 3. The lowest BCUT2D eigenvalue weighted by Crippen LogP contribution is -2.45. The molecule has 1 atom stereocenters. The number of phenols is 1. The Morgan fingerprint density at radius 2 is 1.33 bits per heavy atom. The molecule has 0 aliphatic carbocycles. The van der Waals surface area contributed by atoms with Crippen LogP contribution >= 0.6 is 0 Å². The van der Waals surface area contributed by atoms with E-state index in [4.69, 9.17) is 9.84 Å². The minimum Gasteiger partial charge on any atom is -0.508 e. The Balaban J connectivity index is 0.000000468. The fourth-order valence-corrected chi connectivity index (χ4v) is 3.14. The maximum absolute atomic E-state index is 13.1. The highest BCUT2D eigenvalue weighted by atomic mass is 19.4. The van der Waals surface area contributed by atoms with Gasteiger partial charge in [-0.1, -0.05) is 0 Å². The van der Waals surface area contributed by atoms with Crippen molar-refractivity contribution in [2.75, 3.05) is 22.6 Å². The quantitative estimate of drug-likeness (QED) is 0.142. The number of halogens is 3. The number of nitrogens with one attached hydrogen (secondary N) is 3. The van der Waals surface area contributed by atoms with E-state index in [1.165, 1.54) is 50.2 Å². The number of ether oxygens (including phenoxy) is 1. The Hall–Kier alpha value is -5.18. The maximum Gasteiger partial charge on any atom is 0.423 e. The summed E-state index contributed by atoms with van der Waals surface area (Å²) in [6.45, 7) is 3.32. The van der Waals surface area contributed by atoms with E-state index in [1.54, 1.807) is 12.1 Å². The summed E-state index contributed by atoms with van der Waals surface area (Å²) in [6.07, 6.45) is -5.02. The molecule has 0 bridgehead atoms. The molecule has 224 valence electrons. The summed E-state index contributed by atoms with van der Waals surface area (Å²) < 4.78 is 44.5. The SMILES string of the molecule is CC(=O)Nc1ccc(O)cc1.CC(=O)Nc1ccc(OC[C@](C)(O)C(=O)Nc2ccc([N+](=O)[O-])c(C(F)(F)F)c2)cc1. The number of carbonyl (C=O) groups is 3. The number of aliphatic hydroxyl groups is 1. The number of benzene rings is 3. The Morgan fingerprint density at radius 3 is 1.79 bits per heavy atom. The Bertz CT molecular complexity index is 1430. The molecule has 15 heteroatoms. The number of nitro groups is 1. The molecule has 3 rings (SSSR count). The van der Waals surface area contributed by atoms with E-state index in [0.717, 1.165) is 13.0 Å². The van der Waals surface area contributed by atoms with Crippen LogP contribution in [0.1, 0.15) is 26.3 Å². The summed E-state index contributed by atoms with van der Waals surface area (Å²) in [5.41, 5.74) is -4.04. The number of alkyl halides is 3. The first-order valence-corrected chi connectivity index (χ1v) is 11.9. The van der Waals surface area contributed by atoms with Crippen LogP contribution in [-0.2, 0) is 20.6 Å². The summed E-state index contributed by atoms with van der Waals surface area (Å²) >= 11 is 0. The van der Waals surface area contributed by atoms with Crippen molar-refractivity contribution in [3.05, 3.63) is 82.4 Å². The molecule has 0 radical (unpaired) electrons. The number of nitrogens with zero attached hydrogens (tertiary/aromatic N) is 1. The van der Waals surface area contributed by atoms with E-state index >= 15 is 0 Å². The van der Waals surface area contributed by atoms with Gasteiger partial charge in [-0.05, 0) is 67.6 Å². The van der Waals surface area contributed by atoms with E-state index in [2.05, 4.69) is 16.0 Å². The van der Waals surface area contributed by atoms with Gasteiger partial charge in [-0.3, -0.25) is 24.5 Å². The van der Waals surface area contributed by atoms with Gasteiger partial charge < -0.3 is 30.9 Å². The van der Waals surface area contributed by atoms with Gasteiger partial charge in [0.15, 0.2) is 5.60 Å². The van der Waals surface area contributed by atoms with Crippen molar-refractivity contribution in [3.63, 3.8) is 0 Å². The van der Waals surface area contributed by atoms with E-state index in [-0.39, 0.29) is 29.0 Å². The monoisotopic (exact) mass is 592 g/mol. The predicted molar refractivity (Wildman–Crippen MR) is 146 cm³/mol. The molecule has 12 nitrogen and oxygen atoms in total. The second kappa shape index (κ2) is 13.9. The molecule has 3 aromatic carbocycles. The van der Waals surface area contributed by atoms with E-state index in [0.29, 0.717) is 23.5 Å². The zero-order valence-electron chi connectivity index (χ0n) is 22.5. The average molecular weight is 593 g/mol. The number of phenolic OH excluding ortho intramolecular Hbond substituents is 1. The molecule has 0 aliphatic rings. The third kappa shape index (κ3) is 10.4. The standard InChI is InChI=1S/C19H18F3N3O6.C8H9NO2/c1-11(26)23-12-3-6-14(7-4-12)31-10-18(2,28)17(27)24-13-5-8-16(25(29)30)15(9-13)19(20,21)22;1-6(10)9-7-2-4-8(11)5-3-7/h3-9,28H,10H2,1-2H3,(H,23,26)(H,24,27);2-5,11H,1H3,(H,9,10)/t18-;/m0./s1. The zero-order chi connectivity index (χ0) is 31.7.